The second kappa shape index (κ2) is 4.31. The maximum absolute atomic E-state index is 9.93. The Morgan fingerprint density at radius 1 is 1.33 bits per heavy atom. The number of benzene rings is 1. The molecule has 0 bridgehead atoms. The van der Waals surface area contributed by atoms with E-state index in [1.807, 2.05) is 6.07 Å². The Kier molecular flexibility index (Phi) is 3.05. The first-order chi connectivity index (χ1) is 7.22. The molecule has 0 unspecified atom stereocenters. The zero-order valence-corrected chi connectivity index (χ0v) is 10.2. The van der Waals surface area contributed by atoms with Crippen molar-refractivity contribution >= 4 is 21.6 Å². The number of halogens is 1. The molecule has 1 saturated heterocycles. The first-order valence-electron chi connectivity index (χ1n) is 5.04. The van der Waals surface area contributed by atoms with Crippen LogP contribution in [-0.4, -0.2) is 25.3 Å². The van der Waals surface area contributed by atoms with Crippen LogP contribution in [0.1, 0.15) is 12.8 Å². The summed E-state index contributed by atoms with van der Waals surface area (Å²) in [6, 6.07) is 3.65. The molecule has 0 atom stereocenters. The molecule has 0 aromatic heterocycles. The molecular formula is C11H14BrNO2. The molecule has 4 heteroatoms. The molecule has 0 spiro atoms. The predicted molar refractivity (Wildman–Crippen MR) is 63.8 cm³/mol. The number of anilines is 1. The van der Waals surface area contributed by atoms with E-state index in [1.54, 1.807) is 13.2 Å². The van der Waals surface area contributed by atoms with Gasteiger partial charge in [0.2, 0.25) is 0 Å². The average molecular weight is 272 g/mol. The van der Waals surface area contributed by atoms with Crippen LogP contribution in [0.3, 0.4) is 0 Å². The molecular weight excluding hydrogens is 258 g/mol. The van der Waals surface area contributed by atoms with Crippen LogP contribution in [0.15, 0.2) is 16.6 Å². The van der Waals surface area contributed by atoms with Crippen molar-refractivity contribution in [3.63, 3.8) is 0 Å². The van der Waals surface area contributed by atoms with E-state index >= 15 is 0 Å². The lowest BCUT2D eigenvalue weighted by Gasteiger charge is -2.20. The second-order valence-corrected chi connectivity index (χ2v) is 4.53. The van der Waals surface area contributed by atoms with Gasteiger partial charge in [0, 0.05) is 19.2 Å². The van der Waals surface area contributed by atoms with Crippen LogP contribution in [0.25, 0.3) is 0 Å². The van der Waals surface area contributed by atoms with Gasteiger partial charge in [-0.1, -0.05) is 0 Å². The van der Waals surface area contributed by atoms with Crippen molar-refractivity contribution in [2.45, 2.75) is 12.8 Å². The lowest BCUT2D eigenvalue weighted by molar-refractivity contribution is 0.411. The number of phenols is 1. The van der Waals surface area contributed by atoms with E-state index in [0.29, 0.717) is 10.2 Å². The minimum absolute atomic E-state index is 0.303. The Labute approximate surface area is 97.8 Å². The van der Waals surface area contributed by atoms with E-state index in [0.717, 1.165) is 24.5 Å². The number of methoxy groups -OCH3 is 1. The number of phenolic OH excluding ortho intramolecular Hbond substituents is 1. The Morgan fingerprint density at radius 3 is 2.60 bits per heavy atom. The summed E-state index contributed by atoms with van der Waals surface area (Å²) in [4.78, 5) is 2.18. The summed E-state index contributed by atoms with van der Waals surface area (Å²) >= 11 is 3.33. The number of hydrogen-bond donors (Lipinski definition) is 1. The summed E-state index contributed by atoms with van der Waals surface area (Å²) < 4.78 is 5.87. The van der Waals surface area contributed by atoms with Crippen molar-refractivity contribution in [2.75, 3.05) is 25.1 Å². The van der Waals surface area contributed by atoms with Crippen LogP contribution >= 0.6 is 15.9 Å². The smallest absolute Gasteiger partial charge is 0.153 e. The third kappa shape index (κ3) is 2.04. The molecule has 1 aromatic carbocycles. The SMILES string of the molecule is COc1cc(Br)c(O)c(N2CCCC2)c1. The monoisotopic (exact) mass is 271 g/mol. The van der Waals surface area contributed by atoms with E-state index in [4.69, 9.17) is 4.74 Å². The first-order valence-corrected chi connectivity index (χ1v) is 5.83. The molecule has 3 nitrogen and oxygen atoms in total. The Bertz CT molecular complexity index is 362. The number of hydrogen-bond acceptors (Lipinski definition) is 3. The molecule has 0 aliphatic carbocycles. The molecule has 1 N–H and O–H groups in total. The zero-order valence-electron chi connectivity index (χ0n) is 8.66. The molecule has 1 aliphatic rings. The maximum atomic E-state index is 9.93. The standard InChI is InChI=1S/C11H14BrNO2/c1-15-8-6-9(12)11(14)10(7-8)13-4-2-3-5-13/h6-7,14H,2-5H2,1H3. The van der Waals surface area contributed by atoms with Gasteiger partial charge < -0.3 is 14.7 Å². The second-order valence-electron chi connectivity index (χ2n) is 3.67. The van der Waals surface area contributed by atoms with Crippen LogP contribution in [0.4, 0.5) is 5.69 Å². The lowest BCUT2D eigenvalue weighted by atomic mass is 10.2. The molecule has 0 saturated carbocycles. The summed E-state index contributed by atoms with van der Waals surface area (Å²) in [5.41, 5.74) is 0.860. The predicted octanol–water partition coefficient (Wildman–Crippen LogP) is 2.76. The number of nitrogens with zero attached hydrogens (tertiary/aromatic N) is 1. The van der Waals surface area contributed by atoms with Gasteiger partial charge >= 0.3 is 0 Å². The van der Waals surface area contributed by atoms with Crippen LogP contribution in [0.2, 0.25) is 0 Å². The quantitative estimate of drug-likeness (QED) is 0.898. The molecule has 82 valence electrons. The highest BCUT2D eigenvalue weighted by Crippen LogP contribution is 2.39. The normalized spacial score (nSPS) is 15.7. The fourth-order valence-corrected chi connectivity index (χ4v) is 2.31. The highest BCUT2D eigenvalue weighted by Gasteiger charge is 2.18. The third-order valence-corrected chi connectivity index (χ3v) is 3.30. The van der Waals surface area contributed by atoms with Gasteiger partial charge in [0.05, 0.1) is 17.3 Å². The van der Waals surface area contributed by atoms with Crippen molar-refractivity contribution < 1.29 is 9.84 Å². The van der Waals surface area contributed by atoms with Gasteiger partial charge in [0.1, 0.15) is 5.75 Å². The fourth-order valence-electron chi connectivity index (χ4n) is 1.88. The topological polar surface area (TPSA) is 32.7 Å². The van der Waals surface area contributed by atoms with Crippen molar-refractivity contribution in [1.82, 2.24) is 0 Å². The Balaban J connectivity index is 2.39. The van der Waals surface area contributed by atoms with Gasteiger partial charge in [0.25, 0.3) is 0 Å². The Hall–Kier alpha value is -0.900. The highest BCUT2D eigenvalue weighted by molar-refractivity contribution is 9.10. The number of rotatable bonds is 2. The summed E-state index contributed by atoms with van der Waals surface area (Å²) in [5, 5.41) is 9.93. The Morgan fingerprint density at radius 2 is 2.00 bits per heavy atom. The van der Waals surface area contributed by atoms with Gasteiger partial charge in [-0.25, -0.2) is 0 Å². The molecule has 0 radical (unpaired) electrons. The maximum Gasteiger partial charge on any atom is 0.153 e. The van der Waals surface area contributed by atoms with Crippen molar-refractivity contribution in [2.24, 2.45) is 0 Å². The minimum Gasteiger partial charge on any atom is -0.505 e. The largest absolute Gasteiger partial charge is 0.505 e. The molecule has 1 aliphatic heterocycles. The summed E-state index contributed by atoms with van der Waals surface area (Å²) in [6.45, 7) is 2.01. The van der Waals surface area contributed by atoms with Crippen LogP contribution < -0.4 is 9.64 Å². The van der Waals surface area contributed by atoms with Crippen molar-refractivity contribution in [1.29, 1.82) is 0 Å². The van der Waals surface area contributed by atoms with Gasteiger partial charge in [0.15, 0.2) is 5.75 Å². The van der Waals surface area contributed by atoms with Crippen molar-refractivity contribution in [3.05, 3.63) is 16.6 Å². The lowest BCUT2D eigenvalue weighted by Crippen LogP contribution is -2.17. The first kappa shape index (κ1) is 10.6. The third-order valence-electron chi connectivity index (χ3n) is 2.70. The zero-order chi connectivity index (χ0) is 10.8. The van der Waals surface area contributed by atoms with E-state index < -0.39 is 0 Å². The van der Waals surface area contributed by atoms with Gasteiger partial charge in [-0.05, 0) is 34.8 Å². The molecule has 1 aromatic rings. The molecule has 1 heterocycles. The highest BCUT2D eigenvalue weighted by atomic mass is 79.9. The van der Waals surface area contributed by atoms with Gasteiger partial charge in [-0.3, -0.25) is 0 Å². The van der Waals surface area contributed by atoms with E-state index in [1.165, 1.54) is 12.8 Å². The van der Waals surface area contributed by atoms with E-state index in [-0.39, 0.29) is 0 Å². The van der Waals surface area contributed by atoms with E-state index in [9.17, 15) is 5.11 Å². The average Bonchev–Trinajstić information content (AvgIpc) is 2.75. The number of aromatic hydroxyl groups is 1. The summed E-state index contributed by atoms with van der Waals surface area (Å²) in [7, 11) is 1.63. The minimum atomic E-state index is 0.303. The summed E-state index contributed by atoms with van der Waals surface area (Å²) in [6.07, 6.45) is 2.38. The van der Waals surface area contributed by atoms with Crippen LogP contribution in [0.5, 0.6) is 11.5 Å². The van der Waals surface area contributed by atoms with Crippen LogP contribution in [-0.2, 0) is 0 Å². The van der Waals surface area contributed by atoms with E-state index in [2.05, 4.69) is 20.8 Å². The molecule has 2 rings (SSSR count). The molecule has 0 amide bonds. The molecule has 15 heavy (non-hydrogen) atoms. The van der Waals surface area contributed by atoms with Gasteiger partial charge in [-0.2, -0.15) is 0 Å². The fraction of sp³-hybridized carbons (Fsp3) is 0.455. The summed E-state index contributed by atoms with van der Waals surface area (Å²) in [5.74, 6) is 1.07. The molecule has 1 fully saturated rings. The van der Waals surface area contributed by atoms with Crippen LogP contribution in [0, 0.1) is 0 Å². The van der Waals surface area contributed by atoms with Crippen molar-refractivity contribution in [3.8, 4) is 11.5 Å². The van der Waals surface area contributed by atoms with Gasteiger partial charge in [-0.15, -0.1) is 0 Å². The number of ether oxygens (including phenoxy) is 1.